The summed E-state index contributed by atoms with van der Waals surface area (Å²) in [5.41, 5.74) is 0. The summed E-state index contributed by atoms with van der Waals surface area (Å²) in [5.74, 6) is 1.51. The molecule has 0 bridgehead atoms. The summed E-state index contributed by atoms with van der Waals surface area (Å²) in [4.78, 5) is 11.0. The first-order valence-electron chi connectivity index (χ1n) is 5.96. The van der Waals surface area contributed by atoms with Crippen molar-refractivity contribution in [3.8, 4) is 0 Å². The molecule has 1 fully saturated rings. The summed E-state index contributed by atoms with van der Waals surface area (Å²) < 4.78 is 16.0. The van der Waals surface area contributed by atoms with Crippen LogP contribution in [0.3, 0.4) is 0 Å². The molecule has 0 atom stereocenters. The van der Waals surface area contributed by atoms with E-state index in [1.54, 1.807) is 0 Å². The number of hydrogen-bond donors (Lipinski definition) is 1. The van der Waals surface area contributed by atoms with Crippen LogP contribution in [-0.4, -0.2) is 40.9 Å². The predicted octanol–water partition coefficient (Wildman–Crippen LogP) is 0.830. The number of rotatable bonds is 6. The average Bonchev–Trinajstić information content (AvgIpc) is 2.27. The topological polar surface area (TPSA) is 55.4 Å². The van der Waals surface area contributed by atoms with E-state index in [9.17, 15) is 9.00 Å². The minimum atomic E-state index is -0.592. The zero-order chi connectivity index (χ0) is 11.8. The minimum absolute atomic E-state index is 0.117. The second-order valence-corrected chi connectivity index (χ2v) is 5.68. The van der Waals surface area contributed by atoms with Gasteiger partial charge in [-0.2, -0.15) is 0 Å². The Hall–Kier alpha value is -0.420. The molecule has 4 nitrogen and oxygen atoms in total. The van der Waals surface area contributed by atoms with E-state index in [-0.39, 0.29) is 5.97 Å². The molecule has 0 aromatic carbocycles. The van der Waals surface area contributed by atoms with Gasteiger partial charge in [0.1, 0.15) is 0 Å². The van der Waals surface area contributed by atoms with Crippen molar-refractivity contribution in [1.29, 1.82) is 0 Å². The normalized spacial score (nSPS) is 25.3. The molecule has 0 radical (unpaired) electrons. The number of ether oxygens (including phenoxy) is 1. The predicted molar refractivity (Wildman–Crippen MR) is 64.8 cm³/mol. The van der Waals surface area contributed by atoms with Gasteiger partial charge in [-0.3, -0.25) is 9.00 Å². The molecule has 0 unspecified atom stereocenters. The van der Waals surface area contributed by atoms with Crippen LogP contribution in [0.2, 0.25) is 0 Å². The molecule has 16 heavy (non-hydrogen) atoms. The lowest BCUT2D eigenvalue weighted by Gasteiger charge is -2.22. The molecule has 1 saturated heterocycles. The third kappa shape index (κ3) is 5.61. The summed E-state index contributed by atoms with van der Waals surface area (Å²) in [6.07, 6.45) is 3.29. The lowest BCUT2D eigenvalue weighted by molar-refractivity contribution is -0.143. The molecule has 0 aromatic rings. The second-order valence-electron chi connectivity index (χ2n) is 3.99. The van der Waals surface area contributed by atoms with E-state index in [2.05, 4.69) is 5.32 Å². The summed E-state index contributed by atoms with van der Waals surface area (Å²) >= 11 is 0. The van der Waals surface area contributed by atoms with Crippen LogP contribution in [0.1, 0.15) is 32.6 Å². The third-order valence-electron chi connectivity index (χ3n) is 2.68. The molecule has 0 amide bonds. The number of nitrogens with one attached hydrogen (secondary N) is 1. The van der Waals surface area contributed by atoms with Crippen LogP contribution in [0.4, 0.5) is 0 Å². The smallest absolute Gasteiger partial charge is 0.305 e. The Bertz CT molecular complexity index is 235. The van der Waals surface area contributed by atoms with E-state index in [1.165, 1.54) is 0 Å². The fraction of sp³-hybridized carbons (Fsp3) is 0.909. The van der Waals surface area contributed by atoms with Gasteiger partial charge in [-0.1, -0.05) is 0 Å². The first-order chi connectivity index (χ1) is 7.72. The Kier molecular flexibility index (Phi) is 6.64. The van der Waals surface area contributed by atoms with Crippen molar-refractivity contribution >= 4 is 16.8 Å². The van der Waals surface area contributed by atoms with E-state index in [0.717, 1.165) is 37.3 Å². The van der Waals surface area contributed by atoms with Gasteiger partial charge < -0.3 is 10.1 Å². The quantitative estimate of drug-likeness (QED) is 0.558. The van der Waals surface area contributed by atoms with Crippen LogP contribution >= 0.6 is 0 Å². The van der Waals surface area contributed by atoms with Crippen molar-refractivity contribution in [3.63, 3.8) is 0 Å². The van der Waals surface area contributed by atoms with Gasteiger partial charge in [0.25, 0.3) is 0 Å². The Balaban J connectivity index is 1.99. The van der Waals surface area contributed by atoms with Gasteiger partial charge in [0.05, 0.1) is 6.61 Å². The van der Waals surface area contributed by atoms with Gasteiger partial charge in [-0.25, -0.2) is 0 Å². The van der Waals surface area contributed by atoms with Gasteiger partial charge in [0.15, 0.2) is 0 Å². The molecule has 94 valence electrons. The van der Waals surface area contributed by atoms with Gasteiger partial charge in [-0.05, 0) is 32.7 Å². The minimum Gasteiger partial charge on any atom is -0.466 e. The maximum Gasteiger partial charge on any atom is 0.305 e. The molecule has 0 saturated carbocycles. The zero-order valence-electron chi connectivity index (χ0n) is 9.87. The van der Waals surface area contributed by atoms with Crippen molar-refractivity contribution in [2.75, 3.05) is 24.7 Å². The van der Waals surface area contributed by atoms with E-state index in [4.69, 9.17) is 4.74 Å². The molecule has 5 heteroatoms. The highest BCUT2D eigenvalue weighted by Gasteiger charge is 2.16. The van der Waals surface area contributed by atoms with Crippen LogP contribution in [-0.2, 0) is 20.3 Å². The highest BCUT2D eigenvalue weighted by molar-refractivity contribution is 7.85. The van der Waals surface area contributed by atoms with Crippen molar-refractivity contribution in [3.05, 3.63) is 0 Å². The van der Waals surface area contributed by atoms with Crippen LogP contribution in [0.25, 0.3) is 0 Å². The fourth-order valence-electron chi connectivity index (χ4n) is 1.77. The lowest BCUT2D eigenvalue weighted by Crippen LogP contribution is -2.36. The summed E-state index contributed by atoms with van der Waals surface area (Å²) in [7, 11) is -0.592. The van der Waals surface area contributed by atoms with Crippen molar-refractivity contribution in [1.82, 2.24) is 5.32 Å². The molecule has 1 aliphatic heterocycles. The highest BCUT2D eigenvalue weighted by Crippen LogP contribution is 2.09. The summed E-state index contributed by atoms with van der Waals surface area (Å²) in [6.45, 7) is 3.12. The molecule has 0 aromatic heterocycles. The van der Waals surface area contributed by atoms with E-state index < -0.39 is 10.8 Å². The number of esters is 1. The molecule has 1 rings (SSSR count). The van der Waals surface area contributed by atoms with E-state index >= 15 is 0 Å². The van der Waals surface area contributed by atoms with E-state index in [0.29, 0.717) is 19.1 Å². The molecular weight excluding hydrogens is 226 g/mol. The Morgan fingerprint density at radius 2 is 2.12 bits per heavy atom. The number of carbonyl (C=O) groups is 1. The van der Waals surface area contributed by atoms with Gasteiger partial charge in [0, 0.05) is 34.8 Å². The molecule has 0 spiro atoms. The van der Waals surface area contributed by atoms with Gasteiger partial charge in [0.2, 0.25) is 0 Å². The molecule has 0 aliphatic carbocycles. The van der Waals surface area contributed by atoms with Crippen molar-refractivity contribution in [2.45, 2.75) is 38.6 Å². The van der Waals surface area contributed by atoms with Crippen LogP contribution in [0, 0.1) is 0 Å². The van der Waals surface area contributed by atoms with Gasteiger partial charge in [-0.15, -0.1) is 0 Å². The largest absolute Gasteiger partial charge is 0.466 e. The molecular formula is C11H21NO3S. The first-order valence-corrected chi connectivity index (χ1v) is 7.45. The van der Waals surface area contributed by atoms with Crippen LogP contribution in [0.15, 0.2) is 0 Å². The maximum atomic E-state index is 11.1. The van der Waals surface area contributed by atoms with Crippen molar-refractivity contribution in [2.24, 2.45) is 0 Å². The molecule has 1 N–H and O–H groups in total. The second kappa shape index (κ2) is 7.79. The monoisotopic (exact) mass is 247 g/mol. The Labute approximate surface area is 99.6 Å². The Morgan fingerprint density at radius 3 is 2.75 bits per heavy atom. The first kappa shape index (κ1) is 13.6. The van der Waals surface area contributed by atoms with Crippen LogP contribution < -0.4 is 5.32 Å². The third-order valence-corrected chi connectivity index (χ3v) is 4.07. The van der Waals surface area contributed by atoms with Gasteiger partial charge >= 0.3 is 5.97 Å². The SMILES string of the molecule is CCOC(=O)CCCNC1CCS(=O)CC1. The molecule has 1 aliphatic rings. The van der Waals surface area contributed by atoms with E-state index in [1.807, 2.05) is 6.92 Å². The average molecular weight is 247 g/mol. The summed E-state index contributed by atoms with van der Waals surface area (Å²) in [6, 6.07) is 0.486. The number of carbonyl (C=O) groups excluding carboxylic acids is 1. The Morgan fingerprint density at radius 1 is 1.44 bits per heavy atom. The summed E-state index contributed by atoms with van der Waals surface area (Å²) in [5, 5.41) is 3.40. The molecule has 1 heterocycles. The number of hydrogen-bond acceptors (Lipinski definition) is 4. The highest BCUT2D eigenvalue weighted by atomic mass is 32.2. The van der Waals surface area contributed by atoms with Crippen molar-refractivity contribution < 1.29 is 13.7 Å². The zero-order valence-corrected chi connectivity index (χ0v) is 10.7. The fourth-order valence-corrected chi connectivity index (χ4v) is 3.07. The maximum absolute atomic E-state index is 11.1. The van der Waals surface area contributed by atoms with Crippen LogP contribution in [0.5, 0.6) is 0 Å². The lowest BCUT2D eigenvalue weighted by atomic mass is 10.1. The standard InChI is InChI=1S/C11H21NO3S/c1-2-15-11(13)4-3-7-12-10-5-8-16(14)9-6-10/h10,12H,2-9H2,1H3.